The van der Waals surface area contributed by atoms with Crippen LogP contribution in [0.3, 0.4) is 0 Å². The molecule has 0 aliphatic heterocycles. The van der Waals surface area contributed by atoms with Crippen molar-refractivity contribution in [1.29, 1.82) is 5.26 Å². The lowest BCUT2D eigenvalue weighted by molar-refractivity contribution is -0.115. The standard InChI is InChI=1S/C22H15BrClF2N3O4S/c23-17-7-12(8-21(30)29-19-3-2-16(10-18(19)24)34(28,31)32)1-4-20(17)33-15-6-13(11-27)5-14(9-15)22(25)26/h1-7,9-10,22H,8H2,(H,29,30)(H2,28,31,32). The number of anilines is 1. The van der Waals surface area contributed by atoms with E-state index in [1.54, 1.807) is 18.2 Å². The van der Waals surface area contributed by atoms with Crippen molar-refractivity contribution in [2.24, 2.45) is 5.14 Å². The van der Waals surface area contributed by atoms with Crippen LogP contribution in [0, 0.1) is 11.3 Å². The largest absolute Gasteiger partial charge is 0.456 e. The maximum absolute atomic E-state index is 13.1. The molecule has 3 aromatic rings. The number of hydrogen-bond acceptors (Lipinski definition) is 5. The van der Waals surface area contributed by atoms with E-state index in [4.69, 9.17) is 26.7 Å². The Morgan fingerprint density at radius 3 is 2.50 bits per heavy atom. The van der Waals surface area contributed by atoms with Gasteiger partial charge >= 0.3 is 0 Å². The molecule has 0 aliphatic rings. The number of nitrogens with zero attached hydrogens (tertiary/aromatic N) is 1. The Bertz CT molecular complexity index is 1410. The summed E-state index contributed by atoms with van der Waals surface area (Å²) in [5.74, 6) is -0.0617. The van der Waals surface area contributed by atoms with E-state index in [9.17, 15) is 22.0 Å². The number of nitrogens with two attached hydrogens (primary N) is 1. The van der Waals surface area contributed by atoms with Gasteiger partial charge < -0.3 is 10.1 Å². The zero-order valence-corrected chi connectivity index (χ0v) is 20.2. The summed E-state index contributed by atoms with van der Waals surface area (Å²) >= 11 is 9.35. The van der Waals surface area contributed by atoms with Gasteiger partial charge in [0.15, 0.2) is 0 Å². The van der Waals surface area contributed by atoms with Crippen molar-refractivity contribution in [3.05, 3.63) is 80.8 Å². The van der Waals surface area contributed by atoms with Crippen molar-refractivity contribution in [2.75, 3.05) is 5.32 Å². The van der Waals surface area contributed by atoms with Gasteiger partial charge in [0.05, 0.1) is 38.1 Å². The van der Waals surface area contributed by atoms with Crippen LogP contribution in [0.15, 0.2) is 64.0 Å². The fourth-order valence-corrected chi connectivity index (χ4v) is 4.23. The van der Waals surface area contributed by atoms with Gasteiger partial charge in [-0.05, 0) is 70.0 Å². The van der Waals surface area contributed by atoms with Gasteiger partial charge in [-0.1, -0.05) is 17.7 Å². The van der Waals surface area contributed by atoms with Crippen LogP contribution < -0.4 is 15.2 Å². The summed E-state index contributed by atoms with van der Waals surface area (Å²) < 4.78 is 55.0. The molecule has 1 amide bonds. The molecule has 0 aliphatic carbocycles. The van der Waals surface area contributed by atoms with Crippen LogP contribution in [0.25, 0.3) is 0 Å². The van der Waals surface area contributed by atoms with Crippen molar-refractivity contribution in [1.82, 2.24) is 0 Å². The number of primary sulfonamides is 1. The molecule has 0 bridgehead atoms. The second-order valence-corrected chi connectivity index (χ2v) is 9.80. The minimum Gasteiger partial charge on any atom is -0.456 e. The number of rotatable bonds is 7. The van der Waals surface area contributed by atoms with E-state index in [1.807, 2.05) is 6.07 Å². The van der Waals surface area contributed by atoms with Crippen LogP contribution in [0.2, 0.25) is 5.02 Å². The minimum absolute atomic E-state index is 0.00701. The average Bonchev–Trinajstić information content (AvgIpc) is 2.76. The molecule has 7 nitrogen and oxygen atoms in total. The van der Waals surface area contributed by atoms with Gasteiger partial charge in [-0.3, -0.25) is 4.79 Å². The Hall–Kier alpha value is -3.04. The van der Waals surface area contributed by atoms with Gasteiger partial charge in [-0.15, -0.1) is 0 Å². The summed E-state index contributed by atoms with van der Waals surface area (Å²) in [4.78, 5) is 12.2. The van der Waals surface area contributed by atoms with Gasteiger partial charge in [-0.2, -0.15) is 5.26 Å². The highest BCUT2D eigenvalue weighted by Gasteiger charge is 2.15. The summed E-state index contributed by atoms with van der Waals surface area (Å²) in [5, 5.41) is 16.7. The van der Waals surface area contributed by atoms with Crippen LogP contribution in [0.4, 0.5) is 14.5 Å². The van der Waals surface area contributed by atoms with Crippen LogP contribution in [0.1, 0.15) is 23.1 Å². The van der Waals surface area contributed by atoms with E-state index in [-0.39, 0.29) is 38.9 Å². The van der Waals surface area contributed by atoms with Crippen molar-refractivity contribution in [3.8, 4) is 17.6 Å². The molecule has 3 N–H and O–H groups in total. The molecule has 0 atom stereocenters. The first-order valence-corrected chi connectivity index (χ1v) is 12.1. The molecule has 0 spiro atoms. The molecule has 3 rings (SSSR count). The van der Waals surface area contributed by atoms with Crippen molar-refractivity contribution in [3.63, 3.8) is 0 Å². The maximum Gasteiger partial charge on any atom is 0.264 e. The summed E-state index contributed by atoms with van der Waals surface area (Å²) in [7, 11) is -3.93. The van der Waals surface area contributed by atoms with Crippen LogP contribution in [-0.2, 0) is 21.2 Å². The van der Waals surface area contributed by atoms with Crippen LogP contribution >= 0.6 is 27.5 Å². The second-order valence-electron chi connectivity index (χ2n) is 6.98. The van der Waals surface area contributed by atoms with E-state index in [1.165, 1.54) is 18.2 Å². The van der Waals surface area contributed by atoms with Gasteiger partial charge in [0, 0.05) is 5.56 Å². The topological polar surface area (TPSA) is 122 Å². The number of benzene rings is 3. The molecular formula is C22H15BrClF2N3O4S. The third kappa shape index (κ3) is 6.51. The molecule has 12 heteroatoms. The van der Waals surface area contributed by atoms with Gasteiger partial charge in [0.2, 0.25) is 15.9 Å². The molecular weight excluding hydrogens is 556 g/mol. The molecule has 0 radical (unpaired) electrons. The van der Waals surface area contributed by atoms with E-state index < -0.39 is 22.4 Å². The van der Waals surface area contributed by atoms with Gasteiger partial charge in [0.25, 0.3) is 6.43 Å². The second kappa shape index (κ2) is 10.5. The summed E-state index contributed by atoms with van der Waals surface area (Å²) in [5.41, 5.74) is 0.500. The minimum atomic E-state index is -3.93. The third-order valence-corrected chi connectivity index (χ3v) is 6.29. The zero-order valence-electron chi connectivity index (χ0n) is 17.1. The Kier molecular flexibility index (Phi) is 7.89. The Balaban J connectivity index is 1.72. The van der Waals surface area contributed by atoms with E-state index >= 15 is 0 Å². The zero-order chi connectivity index (χ0) is 25.0. The molecule has 0 aromatic heterocycles. The molecule has 0 heterocycles. The van der Waals surface area contributed by atoms with Gasteiger partial charge in [0.1, 0.15) is 11.5 Å². The Morgan fingerprint density at radius 2 is 1.91 bits per heavy atom. The van der Waals surface area contributed by atoms with Crippen molar-refractivity contribution >= 4 is 49.1 Å². The lowest BCUT2D eigenvalue weighted by Crippen LogP contribution is -2.16. The number of ether oxygens (including phenoxy) is 1. The average molecular weight is 571 g/mol. The quantitative estimate of drug-likeness (QED) is 0.387. The molecule has 0 unspecified atom stereocenters. The predicted octanol–water partition coefficient (Wildman–Crippen LogP) is 5.53. The van der Waals surface area contributed by atoms with E-state index in [2.05, 4.69) is 21.2 Å². The van der Waals surface area contributed by atoms with Crippen LogP contribution in [-0.4, -0.2) is 14.3 Å². The first-order chi connectivity index (χ1) is 16.0. The highest BCUT2D eigenvalue weighted by Crippen LogP contribution is 2.33. The van der Waals surface area contributed by atoms with E-state index in [0.717, 1.165) is 18.2 Å². The van der Waals surface area contributed by atoms with Crippen LogP contribution in [0.5, 0.6) is 11.5 Å². The monoisotopic (exact) mass is 569 g/mol. The molecule has 0 saturated heterocycles. The third-order valence-electron chi connectivity index (χ3n) is 4.44. The number of amides is 1. The number of nitrogens with one attached hydrogen (secondary N) is 1. The molecule has 3 aromatic carbocycles. The summed E-state index contributed by atoms with van der Waals surface area (Å²) in [6, 6.07) is 13.8. The van der Waals surface area contributed by atoms with Crippen molar-refractivity contribution in [2.45, 2.75) is 17.7 Å². The number of alkyl halides is 2. The van der Waals surface area contributed by atoms with E-state index in [0.29, 0.717) is 15.8 Å². The first-order valence-electron chi connectivity index (χ1n) is 9.38. The number of hydrogen-bond donors (Lipinski definition) is 2. The number of halogens is 4. The SMILES string of the molecule is N#Cc1cc(Oc2ccc(CC(=O)Nc3ccc(S(N)(=O)=O)cc3Cl)cc2Br)cc(C(F)F)c1. The lowest BCUT2D eigenvalue weighted by atomic mass is 10.1. The predicted molar refractivity (Wildman–Crippen MR) is 125 cm³/mol. The summed E-state index contributed by atoms with van der Waals surface area (Å²) in [6.07, 6.45) is -2.81. The molecule has 0 fully saturated rings. The number of carbonyl (C=O) groups is 1. The normalized spacial score (nSPS) is 11.2. The fraction of sp³-hybridized carbons (Fsp3) is 0.0909. The van der Waals surface area contributed by atoms with Gasteiger partial charge in [-0.25, -0.2) is 22.3 Å². The molecule has 0 saturated carbocycles. The highest BCUT2D eigenvalue weighted by molar-refractivity contribution is 9.10. The molecule has 176 valence electrons. The maximum atomic E-state index is 13.1. The number of nitriles is 1. The Morgan fingerprint density at radius 1 is 1.18 bits per heavy atom. The first kappa shape index (κ1) is 25.6. The summed E-state index contributed by atoms with van der Waals surface area (Å²) in [6.45, 7) is 0. The smallest absolute Gasteiger partial charge is 0.264 e. The Labute approximate surface area is 207 Å². The number of sulfonamides is 1. The fourth-order valence-electron chi connectivity index (χ4n) is 2.89. The molecule has 34 heavy (non-hydrogen) atoms. The van der Waals surface area contributed by atoms with Crippen molar-refractivity contribution < 1.29 is 26.7 Å². The number of carbonyl (C=O) groups excluding carboxylic acids is 1. The lowest BCUT2D eigenvalue weighted by Gasteiger charge is -2.12. The highest BCUT2D eigenvalue weighted by atomic mass is 79.9.